The molecule has 1 aliphatic rings. The fourth-order valence-corrected chi connectivity index (χ4v) is 4.17. The topological polar surface area (TPSA) is 40.5 Å². The van der Waals surface area contributed by atoms with Crippen LogP contribution in [-0.2, 0) is 0 Å². The van der Waals surface area contributed by atoms with Gasteiger partial charge >= 0.3 is 0 Å². The van der Waals surface area contributed by atoms with Gasteiger partial charge in [0, 0.05) is 24.2 Å². The van der Waals surface area contributed by atoms with Gasteiger partial charge in [0.25, 0.3) is 5.91 Å². The molecule has 2 unspecified atom stereocenters. The van der Waals surface area contributed by atoms with Crippen molar-refractivity contribution in [2.45, 2.75) is 31.8 Å². The van der Waals surface area contributed by atoms with Crippen LogP contribution >= 0.6 is 11.3 Å². The third kappa shape index (κ3) is 3.11. The number of thiophene rings is 1. The van der Waals surface area contributed by atoms with E-state index in [9.17, 15) is 9.90 Å². The SMILES string of the molecule is CN(CC1CCCCC1O)C(=O)c1cc2ccccc2s1. The second-order valence-electron chi connectivity index (χ2n) is 5.95. The summed E-state index contributed by atoms with van der Waals surface area (Å²) in [6, 6.07) is 10.0. The largest absolute Gasteiger partial charge is 0.393 e. The van der Waals surface area contributed by atoms with Crippen molar-refractivity contribution in [3.63, 3.8) is 0 Å². The predicted octanol–water partition coefficient (Wildman–Crippen LogP) is 3.52. The van der Waals surface area contributed by atoms with Crippen molar-refractivity contribution in [1.82, 2.24) is 4.90 Å². The van der Waals surface area contributed by atoms with Gasteiger partial charge in [-0.3, -0.25) is 4.79 Å². The molecular formula is C17H21NO2S. The highest BCUT2D eigenvalue weighted by Gasteiger charge is 2.26. The summed E-state index contributed by atoms with van der Waals surface area (Å²) in [7, 11) is 1.84. The van der Waals surface area contributed by atoms with Crippen LogP contribution in [0.25, 0.3) is 10.1 Å². The van der Waals surface area contributed by atoms with Crippen LogP contribution in [0.5, 0.6) is 0 Å². The monoisotopic (exact) mass is 303 g/mol. The van der Waals surface area contributed by atoms with Gasteiger partial charge in [0.1, 0.15) is 0 Å². The average molecular weight is 303 g/mol. The molecule has 0 spiro atoms. The summed E-state index contributed by atoms with van der Waals surface area (Å²) in [6.07, 6.45) is 3.90. The van der Waals surface area contributed by atoms with E-state index in [0.717, 1.165) is 40.6 Å². The second-order valence-corrected chi connectivity index (χ2v) is 7.03. The Hall–Kier alpha value is -1.39. The van der Waals surface area contributed by atoms with Crippen molar-refractivity contribution >= 4 is 27.3 Å². The molecular weight excluding hydrogens is 282 g/mol. The van der Waals surface area contributed by atoms with Crippen LogP contribution in [0, 0.1) is 5.92 Å². The van der Waals surface area contributed by atoms with Crippen molar-refractivity contribution in [2.24, 2.45) is 5.92 Å². The van der Waals surface area contributed by atoms with Crippen molar-refractivity contribution in [2.75, 3.05) is 13.6 Å². The zero-order valence-corrected chi connectivity index (χ0v) is 13.1. The zero-order valence-electron chi connectivity index (χ0n) is 12.3. The van der Waals surface area contributed by atoms with E-state index < -0.39 is 0 Å². The van der Waals surface area contributed by atoms with Gasteiger partial charge in [-0.1, -0.05) is 31.0 Å². The summed E-state index contributed by atoms with van der Waals surface area (Å²) in [5.74, 6) is 0.288. The minimum Gasteiger partial charge on any atom is -0.393 e. The third-order valence-corrected chi connectivity index (χ3v) is 5.46. The lowest BCUT2D eigenvalue weighted by Crippen LogP contribution is -2.37. The maximum atomic E-state index is 12.5. The summed E-state index contributed by atoms with van der Waals surface area (Å²) >= 11 is 1.54. The van der Waals surface area contributed by atoms with Gasteiger partial charge in [-0.25, -0.2) is 0 Å². The van der Waals surface area contributed by atoms with Crippen molar-refractivity contribution in [3.8, 4) is 0 Å². The number of nitrogens with zero attached hydrogens (tertiary/aromatic N) is 1. The van der Waals surface area contributed by atoms with E-state index in [4.69, 9.17) is 0 Å². The second kappa shape index (κ2) is 6.16. The molecule has 3 rings (SSSR count). The minimum atomic E-state index is -0.253. The zero-order chi connectivity index (χ0) is 14.8. The van der Waals surface area contributed by atoms with Gasteiger partial charge in [0.2, 0.25) is 0 Å². The smallest absolute Gasteiger partial charge is 0.263 e. The molecule has 1 fully saturated rings. The number of aliphatic hydroxyl groups excluding tert-OH is 1. The molecule has 1 aromatic heterocycles. The Morgan fingerprint density at radius 2 is 2.10 bits per heavy atom. The fraction of sp³-hybridized carbons (Fsp3) is 0.471. The summed E-state index contributed by atoms with van der Waals surface area (Å²) in [5, 5.41) is 11.2. The first-order valence-corrected chi connectivity index (χ1v) is 8.39. The van der Waals surface area contributed by atoms with Crippen LogP contribution in [0.15, 0.2) is 30.3 Å². The van der Waals surface area contributed by atoms with E-state index in [2.05, 4.69) is 0 Å². The molecule has 1 N–H and O–H groups in total. The van der Waals surface area contributed by atoms with Gasteiger partial charge in [0.05, 0.1) is 11.0 Å². The molecule has 1 aromatic carbocycles. The number of hydrogen-bond acceptors (Lipinski definition) is 3. The summed E-state index contributed by atoms with van der Waals surface area (Å²) in [5.41, 5.74) is 0. The molecule has 1 aliphatic carbocycles. The first-order chi connectivity index (χ1) is 10.1. The van der Waals surface area contributed by atoms with E-state index in [-0.39, 0.29) is 17.9 Å². The van der Waals surface area contributed by atoms with E-state index >= 15 is 0 Å². The average Bonchev–Trinajstić information content (AvgIpc) is 2.92. The highest BCUT2D eigenvalue weighted by atomic mass is 32.1. The molecule has 0 saturated heterocycles. The molecule has 1 saturated carbocycles. The maximum Gasteiger partial charge on any atom is 0.263 e. The molecule has 4 heteroatoms. The number of fused-ring (bicyclic) bond motifs is 1. The molecule has 0 bridgehead atoms. The lowest BCUT2D eigenvalue weighted by atomic mass is 9.86. The molecule has 3 nitrogen and oxygen atoms in total. The van der Waals surface area contributed by atoms with Crippen LogP contribution in [0.1, 0.15) is 35.4 Å². The minimum absolute atomic E-state index is 0.0639. The Morgan fingerprint density at radius 3 is 2.86 bits per heavy atom. The van der Waals surface area contributed by atoms with Crippen LogP contribution in [-0.4, -0.2) is 35.6 Å². The Morgan fingerprint density at radius 1 is 1.33 bits per heavy atom. The van der Waals surface area contributed by atoms with Crippen molar-refractivity contribution in [3.05, 3.63) is 35.2 Å². The molecule has 1 heterocycles. The van der Waals surface area contributed by atoms with E-state index in [1.165, 1.54) is 0 Å². The quantitative estimate of drug-likeness (QED) is 0.942. The van der Waals surface area contributed by atoms with E-state index in [1.807, 2.05) is 37.4 Å². The van der Waals surface area contributed by atoms with Gasteiger partial charge in [-0.05, 0) is 30.4 Å². The molecule has 112 valence electrons. The normalized spacial score (nSPS) is 22.4. The first-order valence-electron chi connectivity index (χ1n) is 7.57. The maximum absolute atomic E-state index is 12.5. The Kier molecular flexibility index (Phi) is 4.27. The predicted molar refractivity (Wildman–Crippen MR) is 86.8 cm³/mol. The summed E-state index contributed by atoms with van der Waals surface area (Å²) < 4.78 is 1.15. The number of benzene rings is 1. The number of rotatable bonds is 3. The molecule has 0 radical (unpaired) electrons. The van der Waals surface area contributed by atoms with Gasteiger partial charge in [-0.15, -0.1) is 11.3 Å². The number of carbonyl (C=O) groups excluding carboxylic acids is 1. The molecule has 2 atom stereocenters. The Labute approximate surface area is 129 Å². The van der Waals surface area contributed by atoms with Crippen LogP contribution in [0.2, 0.25) is 0 Å². The number of carbonyl (C=O) groups is 1. The third-order valence-electron chi connectivity index (χ3n) is 4.36. The van der Waals surface area contributed by atoms with Crippen molar-refractivity contribution in [1.29, 1.82) is 0 Å². The number of aliphatic hydroxyl groups is 1. The molecule has 0 aliphatic heterocycles. The van der Waals surface area contributed by atoms with E-state index in [0.29, 0.717) is 6.54 Å². The molecule has 2 aromatic rings. The van der Waals surface area contributed by atoms with Crippen LogP contribution < -0.4 is 0 Å². The van der Waals surface area contributed by atoms with Gasteiger partial charge in [-0.2, -0.15) is 0 Å². The first kappa shape index (κ1) is 14.5. The summed E-state index contributed by atoms with van der Waals surface area (Å²) in [6.45, 7) is 0.647. The Balaban J connectivity index is 1.71. The lowest BCUT2D eigenvalue weighted by molar-refractivity contribution is 0.0453. The molecule has 21 heavy (non-hydrogen) atoms. The van der Waals surface area contributed by atoms with Crippen LogP contribution in [0.3, 0.4) is 0 Å². The lowest BCUT2D eigenvalue weighted by Gasteiger charge is -2.31. The number of amides is 1. The number of hydrogen-bond donors (Lipinski definition) is 1. The standard InChI is InChI=1S/C17H21NO2S/c1-18(11-13-7-2-4-8-14(13)19)17(20)16-10-12-6-3-5-9-15(12)21-16/h3,5-6,9-10,13-14,19H,2,4,7-8,11H2,1H3. The summed E-state index contributed by atoms with van der Waals surface area (Å²) in [4.78, 5) is 15.1. The fourth-order valence-electron chi connectivity index (χ4n) is 3.11. The van der Waals surface area contributed by atoms with E-state index in [1.54, 1.807) is 16.2 Å². The van der Waals surface area contributed by atoms with Gasteiger partial charge < -0.3 is 10.0 Å². The molecule has 1 amide bonds. The van der Waals surface area contributed by atoms with Crippen LogP contribution in [0.4, 0.5) is 0 Å². The van der Waals surface area contributed by atoms with Crippen molar-refractivity contribution < 1.29 is 9.90 Å². The Bertz CT molecular complexity index is 604. The highest BCUT2D eigenvalue weighted by Crippen LogP contribution is 2.28. The van der Waals surface area contributed by atoms with Gasteiger partial charge in [0.15, 0.2) is 0 Å². The highest BCUT2D eigenvalue weighted by molar-refractivity contribution is 7.20.